The van der Waals surface area contributed by atoms with Crippen LogP contribution in [-0.4, -0.2) is 20.2 Å². The van der Waals surface area contributed by atoms with Gasteiger partial charge >= 0.3 is 6.03 Å². The van der Waals surface area contributed by atoms with E-state index in [1.165, 1.54) is 0 Å². The fourth-order valence-corrected chi connectivity index (χ4v) is 3.37. The van der Waals surface area contributed by atoms with Gasteiger partial charge in [-0.15, -0.1) is 0 Å². The van der Waals surface area contributed by atoms with Gasteiger partial charge < -0.3 is 10.6 Å². The Morgan fingerprint density at radius 3 is 2.44 bits per heavy atom. The first-order valence-corrected chi connectivity index (χ1v) is 9.81. The molecule has 0 saturated heterocycles. The number of amides is 2. The molecule has 0 radical (unpaired) electrons. The maximum atomic E-state index is 12.0. The molecule has 3 N–H and O–H groups in total. The number of urea groups is 1. The van der Waals surface area contributed by atoms with Crippen LogP contribution in [0.4, 0.5) is 16.2 Å². The molecular weight excluding hydrogens is 362 g/mol. The van der Waals surface area contributed by atoms with Crippen molar-refractivity contribution in [1.82, 2.24) is 5.32 Å². The first-order valence-electron chi connectivity index (χ1n) is 7.78. The average Bonchev–Trinajstić information content (AvgIpc) is 2.54. The highest BCUT2D eigenvalue weighted by atomic mass is 35.5. The van der Waals surface area contributed by atoms with Gasteiger partial charge in [0.2, 0.25) is 10.0 Å². The van der Waals surface area contributed by atoms with Gasteiger partial charge in [0, 0.05) is 17.3 Å². The predicted molar refractivity (Wildman–Crippen MR) is 101 cm³/mol. The summed E-state index contributed by atoms with van der Waals surface area (Å²) in [7, 11) is -3.37. The van der Waals surface area contributed by atoms with Crippen molar-refractivity contribution >= 4 is 39.0 Å². The number of sulfonamides is 1. The third-order valence-electron chi connectivity index (χ3n) is 3.23. The van der Waals surface area contributed by atoms with Crippen LogP contribution in [0.3, 0.4) is 0 Å². The van der Waals surface area contributed by atoms with Crippen molar-refractivity contribution in [2.24, 2.45) is 0 Å². The Hall–Kier alpha value is -2.25. The van der Waals surface area contributed by atoms with Crippen LogP contribution in [0.25, 0.3) is 0 Å². The number of hydrogen-bond donors (Lipinski definition) is 3. The van der Waals surface area contributed by atoms with Crippen LogP contribution >= 0.6 is 11.6 Å². The molecular formula is C17H20ClN3O3S. The van der Waals surface area contributed by atoms with Gasteiger partial charge in [0.05, 0.1) is 11.4 Å². The Morgan fingerprint density at radius 1 is 1.08 bits per heavy atom. The quantitative estimate of drug-likeness (QED) is 0.681. The van der Waals surface area contributed by atoms with Crippen molar-refractivity contribution in [2.45, 2.75) is 19.9 Å². The minimum absolute atomic E-state index is 0.0479. The molecule has 0 aromatic heterocycles. The number of rotatable bonds is 7. The largest absolute Gasteiger partial charge is 0.334 e. The van der Waals surface area contributed by atoms with Crippen LogP contribution in [0.15, 0.2) is 48.5 Å². The zero-order valence-corrected chi connectivity index (χ0v) is 15.3. The van der Waals surface area contributed by atoms with Gasteiger partial charge in [-0.3, -0.25) is 4.72 Å². The first-order chi connectivity index (χ1) is 11.9. The summed E-state index contributed by atoms with van der Waals surface area (Å²) in [5, 5.41) is 6.03. The van der Waals surface area contributed by atoms with Gasteiger partial charge in [0.15, 0.2) is 0 Å². The molecule has 0 aliphatic heterocycles. The van der Waals surface area contributed by atoms with Crippen LogP contribution in [0.2, 0.25) is 5.02 Å². The zero-order valence-electron chi connectivity index (χ0n) is 13.8. The van der Waals surface area contributed by atoms with Gasteiger partial charge in [0.1, 0.15) is 0 Å². The van der Waals surface area contributed by atoms with Gasteiger partial charge in [-0.25, -0.2) is 13.2 Å². The lowest BCUT2D eigenvalue weighted by Crippen LogP contribution is -2.28. The summed E-state index contributed by atoms with van der Waals surface area (Å²) < 4.78 is 26.1. The number of nitrogens with one attached hydrogen (secondary N) is 3. The van der Waals surface area contributed by atoms with E-state index in [1.807, 2.05) is 12.1 Å². The minimum Gasteiger partial charge on any atom is -0.334 e. The minimum atomic E-state index is -3.37. The van der Waals surface area contributed by atoms with Crippen LogP contribution in [0.5, 0.6) is 0 Å². The number of halogens is 1. The molecule has 2 aromatic carbocycles. The van der Waals surface area contributed by atoms with Gasteiger partial charge in [-0.2, -0.15) is 0 Å². The van der Waals surface area contributed by atoms with Gasteiger partial charge in [-0.1, -0.05) is 36.7 Å². The number of carbonyl (C=O) groups is 1. The van der Waals surface area contributed by atoms with Crippen LogP contribution < -0.4 is 15.4 Å². The Labute approximate surface area is 152 Å². The third-order valence-corrected chi connectivity index (χ3v) is 4.98. The highest BCUT2D eigenvalue weighted by Gasteiger charge is 2.09. The lowest BCUT2D eigenvalue weighted by atomic mass is 10.2. The SMILES string of the molecule is CCCS(=O)(=O)Nc1cccc(NC(=O)NCc2ccc(Cl)cc2)c1. The van der Waals surface area contributed by atoms with Crippen LogP contribution in [0, 0.1) is 0 Å². The molecule has 0 spiro atoms. The fraction of sp³-hybridized carbons (Fsp3) is 0.235. The summed E-state index contributed by atoms with van der Waals surface area (Å²) in [6.45, 7) is 2.15. The lowest BCUT2D eigenvalue weighted by Gasteiger charge is -2.11. The van der Waals surface area contributed by atoms with Crippen LogP contribution in [0.1, 0.15) is 18.9 Å². The number of carbonyl (C=O) groups excluding carboxylic acids is 1. The Morgan fingerprint density at radius 2 is 1.76 bits per heavy atom. The molecule has 0 aliphatic carbocycles. The fourth-order valence-electron chi connectivity index (χ4n) is 2.12. The number of benzene rings is 2. The van der Waals surface area contributed by atoms with E-state index in [9.17, 15) is 13.2 Å². The average molecular weight is 382 g/mol. The maximum Gasteiger partial charge on any atom is 0.319 e. The van der Waals surface area contributed by atoms with E-state index >= 15 is 0 Å². The molecule has 2 aromatic rings. The highest BCUT2D eigenvalue weighted by molar-refractivity contribution is 7.92. The van der Waals surface area contributed by atoms with Crippen molar-refractivity contribution in [1.29, 1.82) is 0 Å². The van der Waals surface area contributed by atoms with Gasteiger partial charge in [0.25, 0.3) is 0 Å². The van der Waals surface area contributed by atoms with E-state index in [4.69, 9.17) is 11.6 Å². The second kappa shape index (κ2) is 8.73. The van der Waals surface area contributed by atoms with E-state index in [0.717, 1.165) is 5.56 Å². The van der Waals surface area contributed by atoms with E-state index in [2.05, 4.69) is 15.4 Å². The normalized spacial score (nSPS) is 11.0. The topological polar surface area (TPSA) is 87.3 Å². The molecule has 0 unspecified atom stereocenters. The molecule has 0 aliphatic rings. The molecule has 0 atom stereocenters. The summed E-state index contributed by atoms with van der Waals surface area (Å²) in [5.41, 5.74) is 1.81. The molecule has 6 nitrogen and oxygen atoms in total. The lowest BCUT2D eigenvalue weighted by molar-refractivity contribution is 0.251. The molecule has 8 heteroatoms. The summed E-state index contributed by atoms with van der Waals surface area (Å²) in [6.07, 6.45) is 0.528. The molecule has 0 heterocycles. The third kappa shape index (κ3) is 6.64. The Bertz CT molecular complexity index is 823. The van der Waals surface area contributed by atoms with E-state index in [1.54, 1.807) is 43.3 Å². The second-order valence-electron chi connectivity index (χ2n) is 5.44. The molecule has 0 saturated carbocycles. The summed E-state index contributed by atoms with van der Waals surface area (Å²) in [4.78, 5) is 12.0. The molecule has 25 heavy (non-hydrogen) atoms. The van der Waals surface area contributed by atoms with Gasteiger partial charge in [-0.05, 0) is 42.3 Å². The van der Waals surface area contributed by atoms with Crippen molar-refractivity contribution in [3.63, 3.8) is 0 Å². The van der Waals surface area contributed by atoms with E-state index in [0.29, 0.717) is 29.4 Å². The number of hydrogen-bond acceptors (Lipinski definition) is 3. The summed E-state index contributed by atoms with van der Waals surface area (Å²) in [6, 6.07) is 13.3. The molecule has 0 fully saturated rings. The van der Waals surface area contributed by atoms with Crippen molar-refractivity contribution < 1.29 is 13.2 Å². The smallest absolute Gasteiger partial charge is 0.319 e. The standard InChI is InChI=1S/C17H20ClN3O3S/c1-2-10-25(23,24)21-16-5-3-4-15(11-16)20-17(22)19-12-13-6-8-14(18)9-7-13/h3-9,11,21H,2,10,12H2,1H3,(H2,19,20,22). The van der Waals surface area contributed by atoms with Crippen molar-refractivity contribution in [2.75, 3.05) is 15.8 Å². The predicted octanol–water partition coefficient (Wildman–Crippen LogP) is 3.81. The monoisotopic (exact) mass is 381 g/mol. The molecule has 0 bridgehead atoms. The Kier molecular flexibility index (Phi) is 6.66. The van der Waals surface area contributed by atoms with E-state index in [-0.39, 0.29) is 11.8 Å². The van der Waals surface area contributed by atoms with Crippen molar-refractivity contribution in [3.8, 4) is 0 Å². The van der Waals surface area contributed by atoms with Crippen LogP contribution in [-0.2, 0) is 16.6 Å². The second-order valence-corrected chi connectivity index (χ2v) is 7.71. The van der Waals surface area contributed by atoms with Crippen molar-refractivity contribution in [3.05, 3.63) is 59.1 Å². The Balaban J connectivity index is 1.92. The van der Waals surface area contributed by atoms with E-state index < -0.39 is 10.0 Å². The molecule has 2 rings (SSSR count). The molecule has 2 amide bonds. The molecule has 134 valence electrons. The highest BCUT2D eigenvalue weighted by Crippen LogP contribution is 2.16. The summed E-state index contributed by atoms with van der Waals surface area (Å²) >= 11 is 5.81. The zero-order chi connectivity index (χ0) is 18.3. The number of anilines is 2. The maximum absolute atomic E-state index is 12.0. The first kappa shape index (κ1) is 19.1. The summed E-state index contributed by atoms with van der Waals surface area (Å²) in [5.74, 6) is 0.0479.